The number of nitrogens with zero attached hydrogens (tertiary/aromatic N) is 1. The SMILES string of the molecule is Cc1ccc(O)c2c1C(C)CC2N1CCC2CCC(C1)N2. The fraction of sp³-hybridized carbons (Fsp3) is 0.667. The van der Waals surface area contributed by atoms with E-state index in [9.17, 15) is 5.11 Å². The summed E-state index contributed by atoms with van der Waals surface area (Å²) in [6, 6.07) is 5.75. The number of likely N-dealkylation sites (tertiary alicyclic amines) is 1. The molecule has 21 heavy (non-hydrogen) atoms. The second-order valence-corrected chi connectivity index (χ2v) is 7.30. The first-order valence-corrected chi connectivity index (χ1v) is 8.46. The molecule has 114 valence electrons. The third kappa shape index (κ3) is 2.18. The van der Waals surface area contributed by atoms with Crippen molar-refractivity contribution < 1.29 is 5.11 Å². The van der Waals surface area contributed by atoms with Gasteiger partial charge in [0.15, 0.2) is 0 Å². The molecule has 1 aliphatic carbocycles. The first-order valence-electron chi connectivity index (χ1n) is 8.46. The molecule has 3 nitrogen and oxygen atoms in total. The Morgan fingerprint density at radius 1 is 1.14 bits per heavy atom. The number of rotatable bonds is 1. The van der Waals surface area contributed by atoms with Crippen LogP contribution in [0.3, 0.4) is 0 Å². The second-order valence-electron chi connectivity index (χ2n) is 7.30. The van der Waals surface area contributed by atoms with Gasteiger partial charge in [-0.15, -0.1) is 0 Å². The molecule has 1 aromatic rings. The predicted octanol–water partition coefficient (Wildman–Crippen LogP) is 3.08. The largest absolute Gasteiger partial charge is 0.508 e. The molecule has 2 aliphatic heterocycles. The van der Waals surface area contributed by atoms with Crippen LogP contribution in [0, 0.1) is 6.92 Å². The Labute approximate surface area is 127 Å². The smallest absolute Gasteiger partial charge is 0.120 e. The van der Waals surface area contributed by atoms with Gasteiger partial charge in [0.1, 0.15) is 5.75 Å². The normalized spacial score (nSPS) is 35.7. The molecule has 0 saturated carbocycles. The van der Waals surface area contributed by atoms with Crippen LogP contribution in [-0.2, 0) is 0 Å². The number of fused-ring (bicyclic) bond motifs is 3. The van der Waals surface area contributed by atoms with E-state index in [-0.39, 0.29) is 0 Å². The summed E-state index contributed by atoms with van der Waals surface area (Å²) in [6.45, 7) is 6.80. The zero-order chi connectivity index (χ0) is 14.6. The summed E-state index contributed by atoms with van der Waals surface area (Å²) in [6.07, 6.45) is 5.07. The molecule has 2 saturated heterocycles. The molecule has 4 atom stereocenters. The van der Waals surface area contributed by atoms with E-state index < -0.39 is 0 Å². The van der Waals surface area contributed by atoms with E-state index in [0.29, 0.717) is 23.8 Å². The second kappa shape index (κ2) is 4.99. The maximum atomic E-state index is 10.4. The number of hydrogen-bond acceptors (Lipinski definition) is 3. The number of phenolic OH excluding ortho intramolecular Hbond substituents is 1. The lowest BCUT2D eigenvalue weighted by Crippen LogP contribution is -2.37. The summed E-state index contributed by atoms with van der Waals surface area (Å²) in [7, 11) is 0. The zero-order valence-electron chi connectivity index (χ0n) is 13.1. The van der Waals surface area contributed by atoms with Gasteiger partial charge in [-0.2, -0.15) is 0 Å². The Bertz CT molecular complexity index is 556. The van der Waals surface area contributed by atoms with E-state index in [1.54, 1.807) is 0 Å². The average molecular weight is 286 g/mol. The van der Waals surface area contributed by atoms with Gasteiger partial charge in [0, 0.05) is 36.8 Å². The molecule has 4 unspecified atom stereocenters. The molecule has 0 radical (unpaired) electrons. The summed E-state index contributed by atoms with van der Waals surface area (Å²) in [5.41, 5.74) is 3.97. The van der Waals surface area contributed by atoms with Crippen molar-refractivity contribution in [1.82, 2.24) is 10.2 Å². The lowest BCUT2D eigenvalue weighted by atomic mass is 9.97. The van der Waals surface area contributed by atoms with Gasteiger partial charge in [0.05, 0.1) is 0 Å². The monoisotopic (exact) mass is 286 g/mol. The van der Waals surface area contributed by atoms with E-state index in [1.165, 1.54) is 42.5 Å². The minimum absolute atomic E-state index is 0.413. The van der Waals surface area contributed by atoms with Gasteiger partial charge in [0.25, 0.3) is 0 Å². The third-order valence-electron chi connectivity index (χ3n) is 5.88. The molecule has 2 fully saturated rings. The molecule has 1 aromatic carbocycles. The van der Waals surface area contributed by atoms with Crippen molar-refractivity contribution in [3.63, 3.8) is 0 Å². The maximum absolute atomic E-state index is 10.4. The molecule has 2 bridgehead atoms. The van der Waals surface area contributed by atoms with Crippen LogP contribution >= 0.6 is 0 Å². The van der Waals surface area contributed by atoms with Crippen molar-refractivity contribution in [3.8, 4) is 5.75 Å². The summed E-state index contributed by atoms with van der Waals surface area (Å²) >= 11 is 0. The Balaban J connectivity index is 1.67. The topological polar surface area (TPSA) is 35.5 Å². The zero-order valence-corrected chi connectivity index (χ0v) is 13.1. The van der Waals surface area contributed by atoms with Gasteiger partial charge in [-0.05, 0) is 55.7 Å². The van der Waals surface area contributed by atoms with Crippen LogP contribution in [0.2, 0.25) is 0 Å². The van der Waals surface area contributed by atoms with Crippen LogP contribution in [0.1, 0.15) is 61.3 Å². The number of aryl methyl sites for hydroxylation is 1. The Hall–Kier alpha value is -1.06. The van der Waals surface area contributed by atoms with Crippen LogP contribution in [0.4, 0.5) is 0 Å². The van der Waals surface area contributed by atoms with Crippen molar-refractivity contribution in [2.24, 2.45) is 0 Å². The van der Waals surface area contributed by atoms with Crippen molar-refractivity contribution >= 4 is 0 Å². The van der Waals surface area contributed by atoms with Crippen LogP contribution in [0.15, 0.2) is 12.1 Å². The van der Waals surface area contributed by atoms with E-state index in [4.69, 9.17) is 0 Å². The maximum Gasteiger partial charge on any atom is 0.120 e. The van der Waals surface area contributed by atoms with Crippen LogP contribution in [0.25, 0.3) is 0 Å². The lowest BCUT2D eigenvalue weighted by Gasteiger charge is -2.31. The van der Waals surface area contributed by atoms with E-state index in [2.05, 4.69) is 30.1 Å². The van der Waals surface area contributed by atoms with Crippen LogP contribution < -0.4 is 5.32 Å². The molecule has 3 heteroatoms. The summed E-state index contributed by atoms with van der Waals surface area (Å²) < 4.78 is 0. The number of benzene rings is 1. The summed E-state index contributed by atoms with van der Waals surface area (Å²) in [5.74, 6) is 1.07. The van der Waals surface area contributed by atoms with Crippen molar-refractivity contribution in [3.05, 3.63) is 28.8 Å². The van der Waals surface area contributed by atoms with Crippen LogP contribution in [0.5, 0.6) is 5.75 Å². The Morgan fingerprint density at radius 3 is 2.81 bits per heavy atom. The molecular formula is C18H26N2O. The quantitative estimate of drug-likeness (QED) is 0.833. The summed E-state index contributed by atoms with van der Waals surface area (Å²) in [5, 5.41) is 14.2. The number of hydrogen-bond donors (Lipinski definition) is 2. The summed E-state index contributed by atoms with van der Waals surface area (Å²) in [4.78, 5) is 2.64. The molecule has 2 heterocycles. The number of phenols is 1. The van der Waals surface area contributed by atoms with Crippen LogP contribution in [-0.4, -0.2) is 35.2 Å². The van der Waals surface area contributed by atoms with Gasteiger partial charge >= 0.3 is 0 Å². The first-order chi connectivity index (χ1) is 10.1. The fourth-order valence-corrected chi connectivity index (χ4v) is 4.89. The Kier molecular flexibility index (Phi) is 3.23. The minimum atomic E-state index is 0.413. The predicted molar refractivity (Wildman–Crippen MR) is 84.8 cm³/mol. The van der Waals surface area contributed by atoms with Gasteiger partial charge in [-0.25, -0.2) is 0 Å². The fourth-order valence-electron chi connectivity index (χ4n) is 4.89. The molecular weight excluding hydrogens is 260 g/mol. The third-order valence-corrected chi connectivity index (χ3v) is 5.88. The highest BCUT2D eigenvalue weighted by Gasteiger charge is 2.39. The van der Waals surface area contributed by atoms with Crippen molar-refractivity contribution in [2.75, 3.05) is 13.1 Å². The molecule has 2 N–H and O–H groups in total. The highest BCUT2D eigenvalue weighted by Crippen LogP contribution is 2.49. The molecule has 4 rings (SSSR count). The standard InChI is InChI=1S/C18H26N2O/c1-11-3-6-16(21)18-15(9-12(2)17(11)18)20-8-7-13-4-5-14(10-20)19-13/h3,6,12-15,19,21H,4-5,7-10H2,1-2H3. The highest BCUT2D eigenvalue weighted by atomic mass is 16.3. The lowest BCUT2D eigenvalue weighted by molar-refractivity contribution is 0.180. The van der Waals surface area contributed by atoms with Crippen molar-refractivity contribution in [2.45, 2.75) is 63.6 Å². The Morgan fingerprint density at radius 2 is 1.95 bits per heavy atom. The van der Waals surface area contributed by atoms with Gasteiger partial charge in [-0.1, -0.05) is 13.0 Å². The molecule has 0 aromatic heterocycles. The van der Waals surface area contributed by atoms with E-state index in [1.807, 2.05) is 6.07 Å². The first kappa shape index (κ1) is 13.6. The van der Waals surface area contributed by atoms with E-state index >= 15 is 0 Å². The number of nitrogens with one attached hydrogen (secondary N) is 1. The molecule has 3 aliphatic rings. The van der Waals surface area contributed by atoms with E-state index in [0.717, 1.165) is 19.0 Å². The average Bonchev–Trinajstić information content (AvgIpc) is 2.96. The number of aromatic hydroxyl groups is 1. The van der Waals surface area contributed by atoms with Crippen molar-refractivity contribution in [1.29, 1.82) is 0 Å². The van der Waals surface area contributed by atoms with Gasteiger partial charge in [0.2, 0.25) is 0 Å². The molecule has 0 spiro atoms. The molecule has 0 amide bonds. The van der Waals surface area contributed by atoms with Gasteiger partial charge in [-0.3, -0.25) is 4.90 Å². The highest BCUT2D eigenvalue weighted by molar-refractivity contribution is 5.51. The van der Waals surface area contributed by atoms with Gasteiger partial charge < -0.3 is 10.4 Å². The minimum Gasteiger partial charge on any atom is -0.508 e.